The van der Waals surface area contributed by atoms with Gasteiger partial charge in [-0.3, -0.25) is 9.36 Å². The number of halogens is 1. The van der Waals surface area contributed by atoms with Crippen LogP contribution < -0.4 is 5.56 Å². The molecule has 2 aromatic carbocycles. The second kappa shape index (κ2) is 5.00. The standard InChI is InChI=1S/C15H11BrN2OS/c1-9-4-2-3-5-13(9)18-14(19)11-8-10(16)6-7-12(11)17-15(18)20/h2-8H,1H3,(H,17,20). The fraction of sp³-hybridized carbons (Fsp3) is 0.0667. The molecule has 100 valence electrons. The minimum absolute atomic E-state index is 0.112. The second-order valence-electron chi connectivity index (χ2n) is 4.55. The molecule has 1 heterocycles. The summed E-state index contributed by atoms with van der Waals surface area (Å²) in [5, 5.41) is 0.608. The molecule has 3 rings (SSSR count). The molecule has 3 aromatic rings. The SMILES string of the molecule is Cc1ccccc1-n1c(=S)[nH]c2ccc(Br)cc2c1=O. The van der Waals surface area contributed by atoms with Crippen molar-refractivity contribution in [1.82, 2.24) is 9.55 Å². The van der Waals surface area contributed by atoms with Gasteiger partial charge in [0.05, 0.1) is 16.6 Å². The first kappa shape index (κ1) is 13.3. The van der Waals surface area contributed by atoms with E-state index in [-0.39, 0.29) is 5.56 Å². The molecule has 0 saturated heterocycles. The Balaban J connectivity index is 2.46. The molecule has 0 bridgehead atoms. The maximum absolute atomic E-state index is 12.7. The van der Waals surface area contributed by atoms with Gasteiger partial charge in [-0.2, -0.15) is 0 Å². The van der Waals surface area contributed by atoms with Gasteiger partial charge >= 0.3 is 0 Å². The van der Waals surface area contributed by atoms with Gasteiger partial charge in [-0.15, -0.1) is 0 Å². The van der Waals surface area contributed by atoms with E-state index in [0.29, 0.717) is 10.2 Å². The lowest BCUT2D eigenvalue weighted by molar-refractivity contribution is 0.930. The van der Waals surface area contributed by atoms with E-state index in [1.165, 1.54) is 0 Å². The molecule has 0 aliphatic carbocycles. The number of hydrogen-bond donors (Lipinski definition) is 1. The Bertz CT molecular complexity index is 927. The second-order valence-corrected chi connectivity index (χ2v) is 5.85. The van der Waals surface area contributed by atoms with Crippen LogP contribution >= 0.6 is 28.1 Å². The molecule has 0 spiro atoms. The summed E-state index contributed by atoms with van der Waals surface area (Å²) in [5.41, 5.74) is 2.44. The van der Waals surface area contributed by atoms with E-state index >= 15 is 0 Å². The maximum atomic E-state index is 12.7. The van der Waals surface area contributed by atoms with Crippen LogP contribution in [-0.2, 0) is 0 Å². The maximum Gasteiger partial charge on any atom is 0.266 e. The van der Waals surface area contributed by atoms with Crippen LogP contribution in [0.3, 0.4) is 0 Å². The summed E-state index contributed by atoms with van der Waals surface area (Å²) in [6.07, 6.45) is 0. The van der Waals surface area contributed by atoms with Crippen molar-refractivity contribution in [3.05, 3.63) is 67.6 Å². The van der Waals surface area contributed by atoms with Gasteiger partial charge in [0.25, 0.3) is 5.56 Å². The molecular formula is C15H11BrN2OS. The van der Waals surface area contributed by atoms with Crippen LogP contribution in [0.25, 0.3) is 16.6 Å². The number of fused-ring (bicyclic) bond motifs is 1. The van der Waals surface area contributed by atoms with Gasteiger partial charge in [0.1, 0.15) is 0 Å². The summed E-state index contributed by atoms with van der Waals surface area (Å²) in [5.74, 6) is 0. The summed E-state index contributed by atoms with van der Waals surface area (Å²) >= 11 is 8.73. The van der Waals surface area contributed by atoms with Crippen LogP contribution in [0.15, 0.2) is 51.7 Å². The van der Waals surface area contributed by atoms with Crippen LogP contribution in [0.4, 0.5) is 0 Å². The monoisotopic (exact) mass is 346 g/mol. The number of aryl methyl sites for hydroxylation is 1. The molecule has 0 fully saturated rings. The van der Waals surface area contributed by atoms with E-state index in [9.17, 15) is 4.79 Å². The smallest absolute Gasteiger partial charge is 0.266 e. The summed E-state index contributed by atoms with van der Waals surface area (Å²) in [6, 6.07) is 13.2. The average Bonchev–Trinajstić information content (AvgIpc) is 2.42. The fourth-order valence-electron chi connectivity index (χ4n) is 2.22. The zero-order chi connectivity index (χ0) is 14.3. The van der Waals surface area contributed by atoms with Crippen molar-refractivity contribution in [3.8, 4) is 5.69 Å². The summed E-state index contributed by atoms with van der Waals surface area (Å²) in [4.78, 5) is 15.8. The number of aromatic nitrogens is 2. The first-order valence-electron chi connectivity index (χ1n) is 6.08. The lowest BCUT2D eigenvalue weighted by Gasteiger charge is -2.10. The number of nitrogens with one attached hydrogen (secondary N) is 1. The molecule has 1 N–H and O–H groups in total. The van der Waals surface area contributed by atoms with Crippen molar-refractivity contribution in [2.45, 2.75) is 6.92 Å². The zero-order valence-electron chi connectivity index (χ0n) is 10.7. The molecule has 0 atom stereocenters. The molecule has 0 radical (unpaired) electrons. The third-order valence-corrected chi connectivity index (χ3v) is 3.99. The van der Waals surface area contributed by atoms with Crippen LogP contribution in [0.5, 0.6) is 0 Å². The topological polar surface area (TPSA) is 37.8 Å². The highest BCUT2D eigenvalue weighted by atomic mass is 79.9. The molecule has 0 aliphatic rings. The number of H-pyrrole nitrogens is 1. The molecular weight excluding hydrogens is 336 g/mol. The first-order valence-corrected chi connectivity index (χ1v) is 7.28. The predicted molar refractivity (Wildman–Crippen MR) is 87.2 cm³/mol. The molecule has 0 saturated carbocycles. The highest BCUT2D eigenvalue weighted by Crippen LogP contribution is 2.17. The van der Waals surface area contributed by atoms with Gasteiger partial charge in [-0.25, -0.2) is 0 Å². The molecule has 3 nitrogen and oxygen atoms in total. The number of aromatic amines is 1. The normalized spacial score (nSPS) is 10.9. The zero-order valence-corrected chi connectivity index (χ0v) is 13.1. The van der Waals surface area contributed by atoms with Gasteiger partial charge < -0.3 is 4.98 Å². The van der Waals surface area contributed by atoms with Crippen molar-refractivity contribution >= 4 is 39.1 Å². The van der Waals surface area contributed by atoms with Gasteiger partial charge in [0.2, 0.25) is 0 Å². The average molecular weight is 347 g/mol. The van der Waals surface area contributed by atoms with E-state index in [0.717, 1.165) is 21.2 Å². The largest absolute Gasteiger partial charge is 0.331 e. The molecule has 5 heteroatoms. The van der Waals surface area contributed by atoms with E-state index in [1.54, 1.807) is 10.6 Å². The minimum Gasteiger partial charge on any atom is -0.331 e. The minimum atomic E-state index is -0.112. The Labute approximate surface area is 129 Å². The number of hydrogen-bond acceptors (Lipinski definition) is 2. The number of benzene rings is 2. The predicted octanol–water partition coefficient (Wildman–Crippen LogP) is 4.12. The van der Waals surface area contributed by atoms with Gasteiger partial charge in [-0.05, 0) is 49.0 Å². The van der Waals surface area contributed by atoms with Crippen LogP contribution in [0, 0.1) is 11.7 Å². The Hall–Kier alpha value is -1.72. The van der Waals surface area contributed by atoms with Crippen LogP contribution in [0.2, 0.25) is 0 Å². The van der Waals surface area contributed by atoms with Crippen molar-refractivity contribution in [2.24, 2.45) is 0 Å². The lowest BCUT2D eigenvalue weighted by atomic mass is 10.2. The molecule has 0 aliphatic heterocycles. The Morgan fingerprint density at radius 3 is 2.70 bits per heavy atom. The Morgan fingerprint density at radius 1 is 1.20 bits per heavy atom. The van der Waals surface area contributed by atoms with Crippen molar-refractivity contribution in [3.63, 3.8) is 0 Å². The fourth-order valence-corrected chi connectivity index (χ4v) is 2.87. The Kier molecular flexibility index (Phi) is 3.31. The van der Waals surface area contributed by atoms with E-state index < -0.39 is 0 Å². The van der Waals surface area contributed by atoms with Crippen molar-refractivity contribution in [1.29, 1.82) is 0 Å². The highest BCUT2D eigenvalue weighted by molar-refractivity contribution is 9.10. The lowest BCUT2D eigenvalue weighted by Crippen LogP contribution is -2.21. The van der Waals surface area contributed by atoms with Crippen molar-refractivity contribution in [2.75, 3.05) is 0 Å². The van der Waals surface area contributed by atoms with E-state index in [4.69, 9.17) is 12.2 Å². The first-order chi connectivity index (χ1) is 9.58. The molecule has 0 unspecified atom stereocenters. The van der Waals surface area contributed by atoms with Gasteiger partial charge in [-0.1, -0.05) is 34.1 Å². The third-order valence-electron chi connectivity index (χ3n) is 3.22. The number of rotatable bonds is 1. The quantitative estimate of drug-likeness (QED) is 0.673. The third kappa shape index (κ3) is 2.13. The molecule has 0 amide bonds. The highest BCUT2D eigenvalue weighted by Gasteiger charge is 2.09. The molecule has 1 aromatic heterocycles. The van der Waals surface area contributed by atoms with E-state index in [2.05, 4.69) is 20.9 Å². The van der Waals surface area contributed by atoms with Gasteiger partial charge in [0.15, 0.2) is 4.77 Å². The van der Waals surface area contributed by atoms with E-state index in [1.807, 2.05) is 43.3 Å². The summed E-state index contributed by atoms with van der Waals surface area (Å²) in [6.45, 7) is 1.96. The van der Waals surface area contributed by atoms with Crippen molar-refractivity contribution < 1.29 is 0 Å². The van der Waals surface area contributed by atoms with Crippen LogP contribution in [0.1, 0.15) is 5.56 Å². The molecule has 20 heavy (non-hydrogen) atoms. The number of nitrogens with zero attached hydrogens (tertiary/aromatic N) is 1. The number of para-hydroxylation sites is 1. The Morgan fingerprint density at radius 2 is 1.95 bits per heavy atom. The van der Waals surface area contributed by atoms with Crippen LogP contribution in [-0.4, -0.2) is 9.55 Å². The van der Waals surface area contributed by atoms with Gasteiger partial charge in [0, 0.05) is 4.47 Å². The summed E-state index contributed by atoms with van der Waals surface area (Å²) in [7, 11) is 0. The summed E-state index contributed by atoms with van der Waals surface area (Å²) < 4.78 is 2.81.